The third-order valence-corrected chi connectivity index (χ3v) is 4.55. The van der Waals surface area contributed by atoms with E-state index in [0.717, 1.165) is 32.4 Å². The number of aliphatic hydroxyl groups is 1. The van der Waals surface area contributed by atoms with Crippen molar-refractivity contribution in [1.82, 2.24) is 10.2 Å². The molecule has 1 aliphatic heterocycles. The van der Waals surface area contributed by atoms with Gasteiger partial charge in [-0.2, -0.15) is 0 Å². The lowest BCUT2D eigenvalue weighted by Gasteiger charge is -2.27. The number of nitrogens with zero attached hydrogens (tertiary/aromatic N) is 1. The lowest BCUT2D eigenvalue weighted by molar-refractivity contribution is 0.208. The molecule has 0 saturated carbocycles. The van der Waals surface area contributed by atoms with E-state index < -0.39 is 0 Å². The van der Waals surface area contributed by atoms with Gasteiger partial charge in [0.05, 0.1) is 0 Å². The van der Waals surface area contributed by atoms with Gasteiger partial charge in [0.25, 0.3) is 0 Å². The fourth-order valence-corrected chi connectivity index (χ4v) is 3.46. The minimum atomic E-state index is 0.328. The SMILES string of the molecule is CCNC(CCN1CCCC1CCCO)c1ccccc1. The molecule has 1 saturated heterocycles. The van der Waals surface area contributed by atoms with Gasteiger partial charge in [-0.25, -0.2) is 0 Å². The largest absolute Gasteiger partial charge is 0.396 e. The fraction of sp³-hybridized carbons (Fsp3) is 0.667. The summed E-state index contributed by atoms with van der Waals surface area (Å²) in [5.41, 5.74) is 1.39. The van der Waals surface area contributed by atoms with Crippen LogP contribution in [0.25, 0.3) is 0 Å². The van der Waals surface area contributed by atoms with Gasteiger partial charge in [-0.1, -0.05) is 37.3 Å². The molecule has 2 rings (SSSR count). The summed E-state index contributed by atoms with van der Waals surface area (Å²) >= 11 is 0. The van der Waals surface area contributed by atoms with E-state index in [2.05, 4.69) is 47.5 Å². The maximum absolute atomic E-state index is 9.02. The average molecular weight is 290 g/mol. The minimum Gasteiger partial charge on any atom is -0.396 e. The molecule has 0 bridgehead atoms. The Morgan fingerprint density at radius 1 is 1.33 bits per heavy atom. The summed E-state index contributed by atoms with van der Waals surface area (Å²) in [4.78, 5) is 2.63. The fourth-order valence-electron chi connectivity index (χ4n) is 3.46. The van der Waals surface area contributed by atoms with Crippen molar-refractivity contribution in [3.63, 3.8) is 0 Å². The first-order chi connectivity index (χ1) is 10.3. The second kappa shape index (κ2) is 9.19. The summed E-state index contributed by atoms with van der Waals surface area (Å²) < 4.78 is 0. The summed E-state index contributed by atoms with van der Waals surface area (Å²) in [6.07, 6.45) is 5.86. The van der Waals surface area contributed by atoms with E-state index >= 15 is 0 Å². The molecule has 1 fully saturated rings. The van der Waals surface area contributed by atoms with E-state index in [-0.39, 0.29) is 0 Å². The van der Waals surface area contributed by atoms with Crippen LogP contribution in [0.15, 0.2) is 30.3 Å². The molecule has 0 radical (unpaired) electrons. The molecule has 0 aromatic heterocycles. The van der Waals surface area contributed by atoms with Crippen LogP contribution >= 0.6 is 0 Å². The summed E-state index contributed by atoms with van der Waals surface area (Å²) in [5.74, 6) is 0. The summed E-state index contributed by atoms with van der Waals surface area (Å²) in [7, 11) is 0. The van der Waals surface area contributed by atoms with Crippen molar-refractivity contribution in [2.24, 2.45) is 0 Å². The van der Waals surface area contributed by atoms with Crippen molar-refractivity contribution < 1.29 is 5.11 Å². The molecule has 118 valence electrons. The van der Waals surface area contributed by atoms with Gasteiger partial charge in [0.1, 0.15) is 0 Å². The van der Waals surface area contributed by atoms with Crippen LogP contribution in [-0.2, 0) is 0 Å². The number of hydrogen-bond donors (Lipinski definition) is 2. The summed E-state index contributed by atoms with van der Waals surface area (Å²) in [6.45, 7) is 5.89. The Labute approximate surface area is 129 Å². The van der Waals surface area contributed by atoms with Crippen molar-refractivity contribution in [3.8, 4) is 0 Å². The second-order valence-corrected chi connectivity index (χ2v) is 6.01. The number of likely N-dealkylation sites (tertiary alicyclic amines) is 1. The highest BCUT2D eigenvalue weighted by Gasteiger charge is 2.24. The number of nitrogens with one attached hydrogen (secondary N) is 1. The zero-order valence-electron chi connectivity index (χ0n) is 13.3. The minimum absolute atomic E-state index is 0.328. The Morgan fingerprint density at radius 3 is 2.86 bits per heavy atom. The normalized spacial score (nSPS) is 20.8. The Balaban J connectivity index is 1.86. The molecule has 1 aliphatic rings. The lowest BCUT2D eigenvalue weighted by atomic mass is 10.0. The van der Waals surface area contributed by atoms with Gasteiger partial charge in [0.2, 0.25) is 0 Å². The van der Waals surface area contributed by atoms with Gasteiger partial charge in [-0.05, 0) is 50.8 Å². The number of benzene rings is 1. The molecule has 0 amide bonds. The molecule has 0 spiro atoms. The Bertz CT molecular complexity index is 382. The van der Waals surface area contributed by atoms with Crippen LogP contribution < -0.4 is 5.32 Å². The second-order valence-electron chi connectivity index (χ2n) is 6.01. The van der Waals surface area contributed by atoms with Gasteiger partial charge in [-0.3, -0.25) is 0 Å². The van der Waals surface area contributed by atoms with Crippen molar-refractivity contribution in [1.29, 1.82) is 0 Å². The van der Waals surface area contributed by atoms with E-state index in [9.17, 15) is 0 Å². The molecular weight excluding hydrogens is 260 g/mol. The molecule has 1 aromatic rings. The van der Waals surface area contributed by atoms with Crippen molar-refractivity contribution >= 4 is 0 Å². The van der Waals surface area contributed by atoms with Crippen LogP contribution in [0.2, 0.25) is 0 Å². The van der Waals surface area contributed by atoms with Gasteiger partial charge in [-0.15, -0.1) is 0 Å². The standard InChI is InChI=1S/C18H30N2O/c1-2-19-18(16-8-4-3-5-9-16)12-14-20-13-6-10-17(20)11-7-15-21/h3-5,8-9,17-19,21H,2,6-7,10-15H2,1H3. The van der Waals surface area contributed by atoms with E-state index in [4.69, 9.17) is 5.11 Å². The van der Waals surface area contributed by atoms with Gasteiger partial charge in [0.15, 0.2) is 0 Å². The van der Waals surface area contributed by atoms with Crippen LogP contribution in [-0.4, -0.2) is 42.3 Å². The van der Waals surface area contributed by atoms with E-state index in [1.54, 1.807) is 0 Å². The molecule has 3 nitrogen and oxygen atoms in total. The van der Waals surface area contributed by atoms with Crippen LogP contribution in [0, 0.1) is 0 Å². The highest BCUT2D eigenvalue weighted by Crippen LogP contribution is 2.24. The zero-order chi connectivity index (χ0) is 14.9. The molecule has 2 N–H and O–H groups in total. The molecule has 1 heterocycles. The molecule has 1 aromatic carbocycles. The predicted molar refractivity (Wildman–Crippen MR) is 88.4 cm³/mol. The third kappa shape index (κ3) is 5.10. The number of hydrogen-bond acceptors (Lipinski definition) is 3. The topological polar surface area (TPSA) is 35.5 Å². The van der Waals surface area contributed by atoms with Gasteiger partial charge >= 0.3 is 0 Å². The molecule has 3 heteroatoms. The van der Waals surface area contributed by atoms with Gasteiger partial charge < -0.3 is 15.3 Å². The van der Waals surface area contributed by atoms with Crippen molar-refractivity contribution in [2.45, 2.75) is 51.1 Å². The van der Waals surface area contributed by atoms with Crippen LogP contribution in [0.4, 0.5) is 0 Å². The van der Waals surface area contributed by atoms with E-state index in [1.807, 2.05) is 0 Å². The van der Waals surface area contributed by atoms with Crippen LogP contribution in [0.1, 0.15) is 50.6 Å². The zero-order valence-corrected chi connectivity index (χ0v) is 13.3. The Hall–Kier alpha value is -0.900. The first kappa shape index (κ1) is 16.5. The average Bonchev–Trinajstić information content (AvgIpc) is 2.97. The highest BCUT2D eigenvalue weighted by atomic mass is 16.2. The highest BCUT2D eigenvalue weighted by molar-refractivity contribution is 5.18. The third-order valence-electron chi connectivity index (χ3n) is 4.55. The van der Waals surface area contributed by atoms with Crippen LogP contribution in [0.5, 0.6) is 0 Å². The molecule has 2 atom stereocenters. The molecule has 0 aliphatic carbocycles. The molecule has 21 heavy (non-hydrogen) atoms. The number of aliphatic hydroxyl groups excluding tert-OH is 1. The molecule has 2 unspecified atom stereocenters. The molecular formula is C18H30N2O. The Morgan fingerprint density at radius 2 is 2.14 bits per heavy atom. The number of rotatable bonds is 9. The van der Waals surface area contributed by atoms with Crippen molar-refractivity contribution in [3.05, 3.63) is 35.9 Å². The Kier molecular flexibility index (Phi) is 7.20. The summed E-state index contributed by atoms with van der Waals surface area (Å²) in [6, 6.07) is 11.9. The maximum atomic E-state index is 9.02. The monoisotopic (exact) mass is 290 g/mol. The quantitative estimate of drug-likeness (QED) is 0.734. The van der Waals surface area contributed by atoms with E-state index in [1.165, 1.54) is 24.9 Å². The summed E-state index contributed by atoms with van der Waals surface area (Å²) in [5, 5.41) is 12.6. The van der Waals surface area contributed by atoms with Crippen LogP contribution in [0.3, 0.4) is 0 Å². The first-order valence-electron chi connectivity index (χ1n) is 8.48. The maximum Gasteiger partial charge on any atom is 0.0431 e. The van der Waals surface area contributed by atoms with Gasteiger partial charge in [0, 0.05) is 25.2 Å². The predicted octanol–water partition coefficient (Wildman–Crippen LogP) is 2.96. The lowest BCUT2D eigenvalue weighted by Crippen LogP contribution is -2.33. The van der Waals surface area contributed by atoms with E-state index in [0.29, 0.717) is 18.7 Å². The smallest absolute Gasteiger partial charge is 0.0431 e. The first-order valence-corrected chi connectivity index (χ1v) is 8.48. The van der Waals surface area contributed by atoms with Crippen molar-refractivity contribution in [2.75, 3.05) is 26.2 Å².